The van der Waals surface area contributed by atoms with E-state index in [4.69, 9.17) is 5.73 Å². The van der Waals surface area contributed by atoms with Crippen LogP contribution in [0.4, 0.5) is 0 Å². The van der Waals surface area contributed by atoms with Gasteiger partial charge >= 0.3 is 0 Å². The molecule has 0 spiro atoms. The summed E-state index contributed by atoms with van der Waals surface area (Å²) in [5.41, 5.74) is 7.83. The standard InChI is InChI=1S/C25H32N4O2/c1-18(11-14-26)28-15-12-20(13-16-28)27-23(19-7-3-2-4-8-19)17-29-24(30)21-9-5-6-10-22(21)25(29)31/h2-10,18,20,23,27H,11-17,26H2,1H3. The summed E-state index contributed by atoms with van der Waals surface area (Å²) in [6, 6.07) is 18.0. The Hall–Kier alpha value is -2.54. The molecule has 2 heterocycles. The highest BCUT2D eigenvalue weighted by molar-refractivity contribution is 6.21. The Morgan fingerprint density at radius 2 is 1.55 bits per heavy atom. The number of fused-ring (bicyclic) bond motifs is 1. The first-order valence-corrected chi connectivity index (χ1v) is 11.3. The van der Waals surface area contributed by atoms with E-state index in [2.05, 4.69) is 29.3 Å². The number of carbonyl (C=O) groups is 2. The van der Waals surface area contributed by atoms with Gasteiger partial charge in [-0.15, -0.1) is 0 Å². The van der Waals surface area contributed by atoms with E-state index in [0.717, 1.165) is 44.5 Å². The van der Waals surface area contributed by atoms with Gasteiger partial charge in [0, 0.05) is 18.6 Å². The molecule has 2 atom stereocenters. The average molecular weight is 421 g/mol. The van der Waals surface area contributed by atoms with E-state index in [9.17, 15) is 9.59 Å². The van der Waals surface area contributed by atoms with Crippen LogP contribution < -0.4 is 11.1 Å². The van der Waals surface area contributed by atoms with Crippen molar-refractivity contribution in [1.29, 1.82) is 0 Å². The third-order valence-corrected chi connectivity index (χ3v) is 6.62. The molecule has 0 radical (unpaired) electrons. The molecule has 2 aliphatic rings. The van der Waals surface area contributed by atoms with Crippen LogP contribution in [0.3, 0.4) is 0 Å². The quantitative estimate of drug-likeness (QED) is 0.642. The van der Waals surface area contributed by atoms with Crippen molar-refractivity contribution in [2.75, 3.05) is 26.2 Å². The van der Waals surface area contributed by atoms with Crippen LogP contribution in [0.2, 0.25) is 0 Å². The summed E-state index contributed by atoms with van der Waals surface area (Å²) in [6.07, 6.45) is 3.10. The number of benzene rings is 2. The third kappa shape index (κ3) is 4.71. The minimum Gasteiger partial charge on any atom is -0.330 e. The van der Waals surface area contributed by atoms with E-state index in [-0.39, 0.29) is 17.9 Å². The zero-order chi connectivity index (χ0) is 21.8. The largest absolute Gasteiger partial charge is 0.330 e. The number of piperidine rings is 1. The van der Waals surface area contributed by atoms with Gasteiger partial charge in [0.2, 0.25) is 0 Å². The Labute approximate surface area is 184 Å². The van der Waals surface area contributed by atoms with E-state index in [0.29, 0.717) is 29.8 Å². The molecule has 164 valence electrons. The highest BCUT2D eigenvalue weighted by atomic mass is 16.2. The van der Waals surface area contributed by atoms with Gasteiger partial charge in [-0.2, -0.15) is 0 Å². The molecule has 6 heteroatoms. The number of nitrogens with two attached hydrogens (primary N) is 1. The number of hydrogen-bond acceptors (Lipinski definition) is 5. The molecule has 1 fully saturated rings. The van der Waals surface area contributed by atoms with E-state index in [1.165, 1.54) is 4.90 Å². The van der Waals surface area contributed by atoms with Crippen LogP contribution in [0.1, 0.15) is 58.5 Å². The lowest BCUT2D eigenvalue weighted by Crippen LogP contribution is -2.49. The maximum atomic E-state index is 12.9. The lowest BCUT2D eigenvalue weighted by Gasteiger charge is -2.38. The monoisotopic (exact) mass is 420 g/mol. The fourth-order valence-corrected chi connectivity index (χ4v) is 4.74. The van der Waals surface area contributed by atoms with Crippen molar-refractivity contribution in [2.24, 2.45) is 5.73 Å². The minimum atomic E-state index is -0.200. The van der Waals surface area contributed by atoms with Crippen LogP contribution >= 0.6 is 0 Å². The summed E-state index contributed by atoms with van der Waals surface area (Å²) in [4.78, 5) is 29.7. The Morgan fingerprint density at radius 3 is 2.13 bits per heavy atom. The third-order valence-electron chi connectivity index (χ3n) is 6.62. The van der Waals surface area contributed by atoms with Crippen molar-refractivity contribution in [1.82, 2.24) is 15.1 Å². The Kier molecular flexibility index (Phi) is 6.80. The predicted octanol–water partition coefficient (Wildman–Crippen LogP) is 2.82. The normalized spacial score (nSPS) is 19.5. The van der Waals surface area contributed by atoms with Crippen LogP contribution in [0.15, 0.2) is 54.6 Å². The molecular weight excluding hydrogens is 388 g/mol. The van der Waals surface area contributed by atoms with E-state index < -0.39 is 0 Å². The number of imide groups is 1. The first kappa shape index (κ1) is 21.7. The van der Waals surface area contributed by atoms with Crippen molar-refractivity contribution < 1.29 is 9.59 Å². The highest BCUT2D eigenvalue weighted by Gasteiger charge is 2.37. The van der Waals surface area contributed by atoms with Crippen LogP contribution in [-0.4, -0.2) is 59.9 Å². The summed E-state index contributed by atoms with van der Waals surface area (Å²) < 4.78 is 0. The molecule has 0 aliphatic carbocycles. The first-order valence-electron chi connectivity index (χ1n) is 11.3. The summed E-state index contributed by atoms with van der Waals surface area (Å²) in [6.45, 7) is 5.37. The molecule has 2 aromatic rings. The molecule has 2 amide bonds. The van der Waals surface area contributed by atoms with Gasteiger partial charge in [-0.1, -0.05) is 42.5 Å². The number of hydrogen-bond donors (Lipinski definition) is 2. The number of likely N-dealkylation sites (tertiary alicyclic amines) is 1. The smallest absolute Gasteiger partial charge is 0.261 e. The molecule has 2 aromatic carbocycles. The Bertz CT molecular complexity index is 874. The van der Waals surface area contributed by atoms with Crippen molar-refractivity contribution in [3.63, 3.8) is 0 Å². The molecular formula is C25H32N4O2. The fraction of sp³-hybridized carbons (Fsp3) is 0.440. The highest BCUT2D eigenvalue weighted by Crippen LogP contribution is 2.26. The van der Waals surface area contributed by atoms with Crippen molar-refractivity contribution in [3.05, 3.63) is 71.3 Å². The average Bonchev–Trinajstić information content (AvgIpc) is 3.05. The van der Waals surface area contributed by atoms with Crippen molar-refractivity contribution >= 4 is 11.8 Å². The Balaban J connectivity index is 1.46. The molecule has 2 aliphatic heterocycles. The second-order valence-corrected chi connectivity index (χ2v) is 8.63. The van der Waals surface area contributed by atoms with Gasteiger partial charge in [0.15, 0.2) is 0 Å². The van der Waals surface area contributed by atoms with Gasteiger partial charge in [0.05, 0.1) is 17.2 Å². The van der Waals surface area contributed by atoms with Gasteiger partial charge < -0.3 is 16.0 Å². The predicted molar refractivity (Wildman–Crippen MR) is 122 cm³/mol. The lowest BCUT2D eigenvalue weighted by molar-refractivity contribution is 0.0630. The van der Waals surface area contributed by atoms with Gasteiger partial charge in [-0.25, -0.2) is 0 Å². The minimum absolute atomic E-state index is 0.0959. The van der Waals surface area contributed by atoms with E-state index in [1.807, 2.05) is 18.2 Å². The fourth-order valence-electron chi connectivity index (χ4n) is 4.74. The number of nitrogens with zero attached hydrogens (tertiary/aromatic N) is 2. The van der Waals surface area contributed by atoms with Gasteiger partial charge in [-0.3, -0.25) is 14.5 Å². The maximum absolute atomic E-state index is 12.9. The van der Waals surface area contributed by atoms with Crippen LogP contribution in [0, 0.1) is 0 Å². The molecule has 0 saturated carbocycles. The first-order chi connectivity index (χ1) is 15.1. The number of carbonyl (C=O) groups excluding carboxylic acids is 2. The van der Waals surface area contributed by atoms with Crippen LogP contribution in [0.5, 0.6) is 0 Å². The Morgan fingerprint density at radius 1 is 0.968 bits per heavy atom. The molecule has 2 unspecified atom stereocenters. The number of nitrogens with one attached hydrogen (secondary N) is 1. The topological polar surface area (TPSA) is 78.7 Å². The zero-order valence-electron chi connectivity index (χ0n) is 18.2. The number of amides is 2. The summed E-state index contributed by atoms with van der Waals surface area (Å²) in [5, 5.41) is 3.76. The number of rotatable bonds is 8. The second-order valence-electron chi connectivity index (χ2n) is 8.63. The molecule has 4 rings (SSSR count). The van der Waals surface area contributed by atoms with E-state index >= 15 is 0 Å². The second kappa shape index (κ2) is 9.73. The molecule has 31 heavy (non-hydrogen) atoms. The molecule has 1 saturated heterocycles. The summed E-state index contributed by atoms with van der Waals surface area (Å²) in [7, 11) is 0. The van der Waals surface area contributed by atoms with E-state index in [1.54, 1.807) is 24.3 Å². The SMILES string of the molecule is CC(CCN)N1CCC(NC(CN2C(=O)c3ccccc3C2=O)c2ccccc2)CC1. The van der Waals surface area contributed by atoms with Crippen LogP contribution in [0.25, 0.3) is 0 Å². The van der Waals surface area contributed by atoms with Crippen molar-refractivity contribution in [2.45, 2.75) is 44.3 Å². The van der Waals surface area contributed by atoms with Crippen LogP contribution in [-0.2, 0) is 0 Å². The van der Waals surface area contributed by atoms with Gasteiger partial charge in [0.25, 0.3) is 11.8 Å². The maximum Gasteiger partial charge on any atom is 0.261 e. The molecule has 0 bridgehead atoms. The zero-order valence-corrected chi connectivity index (χ0v) is 18.2. The van der Waals surface area contributed by atoms with Crippen molar-refractivity contribution in [3.8, 4) is 0 Å². The molecule has 3 N–H and O–H groups in total. The van der Waals surface area contributed by atoms with Gasteiger partial charge in [-0.05, 0) is 63.5 Å². The summed E-state index contributed by atoms with van der Waals surface area (Å²) in [5.74, 6) is -0.400. The molecule has 0 aromatic heterocycles. The lowest BCUT2D eigenvalue weighted by atomic mass is 9.99. The summed E-state index contributed by atoms with van der Waals surface area (Å²) >= 11 is 0. The molecule has 6 nitrogen and oxygen atoms in total. The van der Waals surface area contributed by atoms with Gasteiger partial charge in [0.1, 0.15) is 0 Å².